The van der Waals surface area contributed by atoms with E-state index >= 15 is 0 Å². The maximum absolute atomic E-state index is 6.61. The van der Waals surface area contributed by atoms with Crippen LogP contribution < -0.4 is 4.74 Å². The average molecular weight is 413 g/mol. The van der Waals surface area contributed by atoms with Gasteiger partial charge in [0.1, 0.15) is 18.8 Å². The summed E-state index contributed by atoms with van der Waals surface area (Å²) in [5, 5.41) is 0. The van der Waals surface area contributed by atoms with E-state index < -0.39 is 5.79 Å². The predicted octanol–water partition coefficient (Wildman–Crippen LogP) is 6.83. The number of hydrogen-bond acceptors (Lipinski definition) is 2. The molecule has 0 saturated heterocycles. The van der Waals surface area contributed by atoms with Gasteiger partial charge >= 0.3 is 0 Å². The number of unbranched alkanes of at least 4 members (excludes halogenated alkanes) is 5. The minimum Gasteiger partial charge on any atom is -0.456 e. The molecule has 0 bridgehead atoms. The summed E-state index contributed by atoms with van der Waals surface area (Å²) in [6.45, 7) is 6.74. The summed E-state index contributed by atoms with van der Waals surface area (Å²) in [5.74, 6) is 0.274. The molecule has 2 aromatic carbocycles. The first kappa shape index (κ1) is 24.4. The van der Waals surface area contributed by atoms with Crippen molar-refractivity contribution in [3.63, 3.8) is 0 Å². The van der Waals surface area contributed by atoms with Crippen molar-refractivity contribution in [3.05, 3.63) is 66.2 Å². The number of likely N-dealkylation sites (N-methyl/N-ethyl adjacent to an activating group) is 1. The van der Waals surface area contributed by atoms with E-state index in [0.717, 1.165) is 36.2 Å². The highest BCUT2D eigenvalue weighted by molar-refractivity contribution is 5.21. The largest absolute Gasteiger partial charge is 0.456 e. The second kappa shape index (κ2) is 12.8. The van der Waals surface area contributed by atoms with E-state index in [1.54, 1.807) is 0 Å². The first-order valence-corrected chi connectivity index (χ1v) is 11.7. The fourth-order valence-corrected chi connectivity index (χ4v) is 4.24. The molecule has 0 radical (unpaired) electrons. The quantitative estimate of drug-likeness (QED) is 0.181. The third kappa shape index (κ3) is 8.89. The molecule has 0 spiro atoms. The lowest BCUT2D eigenvalue weighted by Crippen LogP contribution is -2.55. The third-order valence-electron chi connectivity index (χ3n) is 5.49. The van der Waals surface area contributed by atoms with Gasteiger partial charge in [-0.1, -0.05) is 87.6 Å². The lowest BCUT2D eigenvalue weighted by Gasteiger charge is -2.41. The number of quaternary nitrogens is 1. The van der Waals surface area contributed by atoms with Gasteiger partial charge in [0.25, 0.3) is 5.79 Å². The summed E-state index contributed by atoms with van der Waals surface area (Å²) in [6, 6.07) is 20.9. The predicted molar refractivity (Wildman–Crippen MR) is 127 cm³/mol. The molecule has 0 aliphatic rings. The molecular formula is C27H42NO2+. The van der Waals surface area contributed by atoms with Crippen molar-refractivity contribution in [2.75, 3.05) is 27.2 Å². The van der Waals surface area contributed by atoms with Crippen molar-refractivity contribution < 1.29 is 14.0 Å². The fraction of sp³-hybridized carbons (Fsp3) is 0.556. The standard InChI is InChI=1S/C27H42NO2/c1-5-7-8-9-10-17-22-27(29-6-2,30-26-20-15-12-16-21-26)24-28(3,4)23-25-18-13-11-14-19-25/h11-16,18-21H,5-10,17,22-24H2,1-4H3/q+1. The number of benzene rings is 2. The van der Waals surface area contributed by atoms with Gasteiger partial charge in [-0.05, 0) is 25.5 Å². The molecule has 166 valence electrons. The van der Waals surface area contributed by atoms with Crippen LogP contribution >= 0.6 is 0 Å². The Balaban J connectivity index is 2.14. The zero-order valence-corrected chi connectivity index (χ0v) is 19.6. The van der Waals surface area contributed by atoms with Crippen LogP contribution in [0.5, 0.6) is 5.75 Å². The molecule has 0 amide bonds. The van der Waals surface area contributed by atoms with Gasteiger partial charge in [0.05, 0.1) is 14.1 Å². The molecule has 30 heavy (non-hydrogen) atoms. The summed E-state index contributed by atoms with van der Waals surface area (Å²) in [6.07, 6.45) is 8.51. The van der Waals surface area contributed by atoms with Gasteiger partial charge in [-0.3, -0.25) is 0 Å². The Hall–Kier alpha value is -1.84. The van der Waals surface area contributed by atoms with Crippen LogP contribution in [-0.2, 0) is 11.3 Å². The van der Waals surface area contributed by atoms with Crippen LogP contribution in [0.2, 0.25) is 0 Å². The monoisotopic (exact) mass is 412 g/mol. The van der Waals surface area contributed by atoms with Crippen molar-refractivity contribution >= 4 is 0 Å². The van der Waals surface area contributed by atoms with Crippen LogP contribution in [0, 0.1) is 0 Å². The van der Waals surface area contributed by atoms with Crippen LogP contribution in [0.15, 0.2) is 60.7 Å². The van der Waals surface area contributed by atoms with E-state index in [1.807, 2.05) is 30.3 Å². The van der Waals surface area contributed by atoms with Gasteiger partial charge in [0.2, 0.25) is 0 Å². The molecule has 0 fully saturated rings. The van der Waals surface area contributed by atoms with Crippen molar-refractivity contribution in [2.24, 2.45) is 0 Å². The van der Waals surface area contributed by atoms with Crippen LogP contribution in [0.4, 0.5) is 0 Å². The highest BCUT2D eigenvalue weighted by Gasteiger charge is 2.40. The zero-order valence-electron chi connectivity index (χ0n) is 19.6. The highest BCUT2D eigenvalue weighted by atomic mass is 16.7. The number of nitrogens with zero attached hydrogens (tertiary/aromatic N) is 1. The lowest BCUT2D eigenvalue weighted by molar-refractivity contribution is -0.912. The molecule has 1 unspecified atom stereocenters. The van der Waals surface area contributed by atoms with E-state index in [-0.39, 0.29) is 0 Å². The van der Waals surface area contributed by atoms with E-state index in [0.29, 0.717) is 6.61 Å². The average Bonchev–Trinajstić information content (AvgIpc) is 2.71. The van der Waals surface area contributed by atoms with Gasteiger partial charge in [0.15, 0.2) is 0 Å². The van der Waals surface area contributed by atoms with Gasteiger partial charge in [0, 0.05) is 18.6 Å². The molecule has 3 nitrogen and oxygen atoms in total. The maximum Gasteiger partial charge on any atom is 0.259 e. The van der Waals surface area contributed by atoms with Crippen molar-refractivity contribution in [1.29, 1.82) is 0 Å². The van der Waals surface area contributed by atoms with Gasteiger partial charge in [-0.25, -0.2) is 0 Å². The van der Waals surface area contributed by atoms with Crippen LogP contribution in [0.3, 0.4) is 0 Å². The molecule has 0 aromatic heterocycles. The molecule has 0 aliphatic heterocycles. The smallest absolute Gasteiger partial charge is 0.259 e. The highest BCUT2D eigenvalue weighted by Crippen LogP contribution is 2.29. The molecule has 0 saturated carbocycles. The number of rotatable bonds is 15. The first-order chi connectivity index (χ1) is 14.5. The van der Waals surface area contributed by atoms with Crippen LogP contribution in [0.1, 0.15) is 64.4 Å². The summed E-state index contributed by atoms with van der Waals surface area (Å²) >= 11 is 0. The molecule has 0 heterocycles. The lowest BCUT2D eigenvalue weighted by atomic mass is 10.0. The van der Waals surface area contributed by atoms with E-state index in [2.05, 4.69) is 58.3 Å². The Morgan fingerprint density at radius 3 is 2.00 bits per heavy atom. The Labute approximate surface area is 184 Å². The third-order valence-corrected chi connectivity index (χ3v) is 5.49. The van der Waals surface area contributed by atoms with E-state index in [1.165, 1.54) is 37.7 Å². The minimum atomic E-state index is -0.612. The van der Waals surface area contributed by atoms with Crippen molar-refractivity contribution in [2.45, 2.75) is 71.1 Å². The van der Waals surface area contributed by atoms with Gasteiger partial charge < -0.3 is 14.0 Å². The molecule has 0 N–H and O–H groups in total. The molecule has 2 rings (SSSR count). The zero-order chi connectivity index (χ0) is 21.7. The molecule has 0 aliphatic carbocycles. The van der Waals surface area contributed by atoms with E-state index in [9.17, 15) is 0 Å². The Bertz CT molecular complexity index is 687. The van der Waals surface area contributed by atoms with Crippen LogP contribution in [0.25, 0.3) is 0 Å². The van der Waals surface area contributed by atoms with E-state index in [4.69, 9.17) is 9.47 Å². The molecular weight excluding hydrogens is 370 g/mol. The van der Waals surface area contributed by atoms with Crippen LogP contribution in [-0.4, -0.2) is 37.5 Å². The SMILES string of the molecule is CCCCCCCCC(C[N+](C)(C)Cc1ccccc1)(OCC)Oc1ccccc1. The molecule has 3 heteroatoms. The second-order valence-electron chi connectivity index (χ2n) is 9.01. The summed E-state index contributed by atoms with van der Waals surface area (Å²) in [5.41, 5.74) is 1.34. The normalized spacial score (nSPS) is 13.7. The topological polar surface area (TPSA) is 18.5 Å². The number of hydrogen-bond donors (Lipinski definition) is 0. The Kier molecular flexibility index (Phi) is 10.4. The van der Waals surface area contributed by atoms with Gasteiger partial charge in [-0.2, -0.15) is 0 Å². The summed E-state index contributed by atoms with van der Waals surface area (Å²) in [7, 11) is 4.55. The van der Waals surface area contributed by atoms with Crippen molar-refractivity contribution in [1.82, 2.24) is 0 Å². The molecule has 2 aromatic rings. The second-order valence-corrected chi connectivity index (χ2v) is 9.01. The minimum absolute atomic E-state index is 0.612. The summed E-state index contributed by atoms with van der Waals surface area (Å²) in [4.78, 5) is 0. The fourth-order valence-electron chi connectivity index (χ4n) is 4.24. The summed E-state index contributed by atoms with van der Waals surface area (Å²) < 4.78 is 13.8. The maximum atomic E-state index is 6.61. The van der Waals surface area contributed by atoms with Gasteiger partial charge in [-0.15, -0.1) is 0 Å². The number of para-hydroxylation sites is 1. The first-order valence-electron chi connectivity index (χ1n) is 11.7. The Morgan fingerprint density at radius 2 is 1.37 bits per heavy atom. The van der Waals surface area contributed by atoms with Crippen molar-refractivity contribution in [3.8, 4) is 5.75 Å². The Morgan fingerprint density at radius 1 is 0.767 bits per heavy atom. The molecule has 1 atom stereocenters. The number of ether oxygens (including phenoxy) is 2.